The highest BCUT2D eigenvalue weighted by atomic mass is 35.6. The van der Waals surface area contributed by atoms with E-state index in [1.54, 1.807) is 18.9 Å². The molecule has 2 N–H and O–H groups in total. The highest BCUT2D eigenvalue weighted by molar-refractivity contribution is 6.74. The van der Waals surface area contributed by atoms with Crippen LogP contribution in [0.1, 0.15) is 66.2 Å². The van der Waals surface area contributed by atoms with Crippen LogP contribution in [0.3, 0.4) is 0 Å². The van der Waals surface area contributed by atoms with E-state index in [1.807, 2.05) is 43.3 Å². The highest BCUT2D eigenvalue weighted by Crippen LogP contribution is 2.54. The summed E-state index contributed by atoms with van der Waals surface area (Å²) in [7, 11) is -1.00. The molecule has 1 fully saturated rings. The number of rotatable bonds is 11. The number of methoxy groups -OCH3 is 1. The Kier molecular flexibility index (Phi) is 12.0. The van der Waals surface area contributed by atoms with Gasteiger partial charge in [-0.1, -0.05) is 92.0 Å². The van der Waals surface area contributed by atoms with Crippen LogP contribution in [0, 0.1) is 13.8 Å². The lowest BCUT2D eigenvalue weighted by atomic mass is 9.78. The van der Waals surface area contributed by atoms with Crippen molar-refractivity contribution in [2.45, 2.75) is 93.7 Å². The Morgan fingerprint density at radius 2 is 1.73 bits per heavy atom. The van der Waals surface area contributed by atoms with Crippen LogP contribution in [0.4, 0.5) is 4.79 Å². The van der Waals surface area contributed by atoms with Gasteiger partial charge in [-0.05, 0) is 54.7 Å². The number of fused-ring (bicyclic) bond motifs is 5. The summed E-state index contributed by atoms with van der Waals surface area (Å²) in [6.45, 7) is 12.9. The van der Waals surface area contributed by atoms with Crippen LogP contribution in [0.5, 0.6) is 28.7 Å². The molecule has 16 heteroatoms. The molecule has 3 aliphatic rings. The van der Waals surface area contributed by atoms with Crippen molar-refractivity contribution >= 4 is 55.1 Å². The minimum absolute atomic E-state index is 0.0569. The van der Waals surface area contributed by atoms with Crippen LogP contribution in [0.25, 0.3) is 0 Å². The number of carbonyl (C=O) groups is 2. The van der Waals surface area contributed by atoms with Crippen molar-refractivity contribution in [2.75, 3.05) is 33.7 Å². The van der Waals surface area contributed by atoms with Crippen LogP contribution in [-0.2, 0) is 27.0 Å². The Balaban J connectivity index is 1.60. The molecule has 3 aromatic rings. The number of aliphatic hydroxyl groups is 1. The number of phenolic OH excluding ortho intramolecular Hbond substituents is 1. The number of phenols is 1. The zero-order valence-corrected chi connectivity index (χ0v) is 36.1. The zero-order chi connectivity index (χ0) is 40.9. The van der Waals surface area contributed by atoms with Gasteiger partial charge in [0.25, 0.3) is 0 Å². The molecule has 0 aromatic heterocycles. The van der Waals surface area contributed by atoms with E-state index in [-0.39, 0.29) is 37.2 Å². The maximum absolute atomic E-state index is 15.3. The number of piperazine rings is 1. The van der Waals surface area contributed by atoms with Crippen LogP contribution < -0.4 is 18.9 Å². The fourth-order valence-corrected chi connectivity index (χ4v) is 8.68. The Hall–Kier alpha value is -3.59. The first kappa shape index (κ1) is 42.0. The lowest BCUT2D eigenvalue weighted by Gasteiger charge is -2.56. The van der Waals surface area contributed by atoms with Crippen molar-refractivity contribution < 1.29 is 47.9 Å². The van der Waals surface area contributed by atoms with Crippen molar-refractivity contribution in [2.24, 2.45) is 0 Å². The number of benzene rings is 3. The maximum Gasteiger partial charge on any atom is 0.411 e. The fourth-order valence-electron chi connectivity index (χ4n) is 7.50. The maximum atomic E-state index is 15.3. The average molecular weight is 852 g/mol. The third kappa shape index (κ3) is 7.95. The summed E-state index contributed by atoms with van der Waals surface area (Å²) in [5.41, 5.74) is 3.81. The molecule has 0 radical (unpaired) electrons. The van der Waals surface area contributed by atoms with Gasteiger partial charge in [-0.2, -0.15) is 0 Å². The first-order valence-corrected chi connectivity index (χ1v) is 22.4. The molecule has 304 valence electrons. The summed E-state index contributed by atoms with van der Waals surface area (Å²) >= 11 is 18.2. The lowest BCUT2D eigenvalue weighted by molar-refractivity contribution is -0.159. The zero-order valence-electron chi connectivity index (χ0n) is 32.8. The second kappa shape index (κ2) is 16.0. The van der Waals surface area contributed by atoms with Gasteiger partial charge in [0.2, 0.25) is 16.5 Å². The number of halogens is 3. The quantitative estimate of drug-likeness (QED) is 0.144. The summed E-state index contributed by atoms with van der Waals surface area (Å²) in [6.07, 6.45) is -0.830. The number of amides is 2. The highest BCUT2D eigenvalue weighted by Gasteiger charge is 2.57. The van der Waals surface area contributed by atoms with Gasteiger partial charge >= 0.3 is 6.09 Å². The number of ether oxygens (including phenoxy) is 5. The van der Waals surface area contributed by atoms with Crippen molar-refractivity contribution in [3.8, 4) is 28.7 Å². The molecular weight excluding hydrogens is 803 g/mol. The third-order valence-corrected chi connectivity index (χ3v) is 16.2. The minimum atomic E-state index is -2.55. The van der Waals surface area contributed by atoms with Gasteiger partial charge in [-0.15, -0.1) is 0 Å². The summed E-state index contributed by atoms with van der Waals surface area (Å²) in [4.78, 5) is 32.6. The lowest BCUT2D eigenvalue weighted by Crippen LogP contribution is -2.69. The van der Waals surface area contributed by atoms with Crippen LogP contribution in [-0.4, -0.2) is 89.9 Å². The van der Waals surface area contributed by atoms with Crippen molar-refractivity contribution in [3.63, 3.8) is 0 Å². The topological polar surface area (TPSA) is 136 Å². The van der Waals surface area contributed by atoms with Gasteiger partial charge in [0.1, 0.15) is 25.0 Å². The number of aliphatic hydroxyl groups excluding tert-OH is 1. The molecule has 0 saturated carbocycles. The standard InChI is InChI=1S/C40H49Cl3N2O10Si/c1-22-14-25-15-27-37(48)44(28(17-46)26-16-30(47)23(2)34-35(26)54-21-53-34)29(19-55-56(7,8)39(3,4)5)32(45(27)38(49)52-20-40(41,42)43)31(25)36(33(22)50-6)51-18-24-12-10-9-11-13-24/h9-14,16,27-29,32,46-47H,15,17-21H2,1-8H3/t27?,28-,29-,32?/m0/s1. The molecule has 2 bridgehead atoms. The smallest absolute Gasteiger partial charge is 0.411 e. The molecule has 12 nitrogen and oxygen atoms in total. The molecule has 2 unspecified atom stereocenters. The minimum Gasteiger partial charge on any atom is -0.508 e. The van der Waals surface area contributed by atoms with Gasteiger partial charge < -0.3 is 43.2 Å². The third-order valence-electron chi connectivity index (χ3n) is 11.3. The average Bonchev–Trinajstić information content (AvgIpc) is 3.63. The monoisotopic (exact) mass is 850 g/mol. The summed E-state index contributed by atoms with van der Waals surface area (Å²) in [5, 5.41) is 22.1. The number of alkyl halides is 3. The molecule has 3 heterocycles. The second-order valence-electron chi connectivity index (χ2n) is 15.9. The second-order valence-corrected chi connectivity index (χ2v) is 23.2. The summed E-state index contributed by atoms with van der Waals surface area (Å²) < 4.78 is 34.9. The van der Waals surface area contributed by atoms with Crippen LogP contribution in [0.15, 0.2) is 42.5 Å². The SMILES string of the molecule is COc1c(C)cc2c(c1OCc1ccccc1)C1[C@H](CO[Si](C)(C)C(C)(C)C)N([C@@H](CO)c3cc(O)c(C)c4c3OCO4)C(=O)C(C2)N1C(=O)OCC(Cl)(Cl)Cl. The molecule has 4 atom stereocenters. The van der Waals surface area contributed by atoms with Crippen LogP contribution in [0.2, 0.25) is 18.1 Å². The largest absolute Gasteiger partial charge is 0.508 e. The molecule has 0 spiro atoms. The molecular formula is C40H49Cl3N2O10Si. The van der Waals surface area contributed by atoms with Crippen molar-refractivity contribution in [1.82, 2.24) is 9.80 Å². The number of hydrogen-bond acceptors (Lipinski definition) is 10. The van der Waals surface area contributed by atoms with E-state index in [4.69, 9.17) is 62.9 Å². The number of aryl methyl sites for hydroxylation is 1. The normalized spacial score (nSPS) is 19.8. The number of nitrogens with zero attached hydrogens (tertiary/aromatic N) is 2. The van der Waals surface area contributed by atoms with Crippen molar-refractivity contribution in [1.29, 1.82) is 0 Å². The Morgan fingerprint density at radius 3 is 2.36 bits per heavy atom. The predicted molar refractivity (Wildman–Crippen MR) is 215 cm³/mol. The fraction of sp³-hybridized carbons (Fsp3) is 0.500. The molecule has 56 heavy (non-hydrogen) atoms. The first-order valence-electron chi connectivity index (χ1n) is 18.4. The van der Waals surface area contributed by atoms with E-state index in [0.717, 1.165) is 16.7 Å². The molecule has 2 amide bonds. The van der Waals surface area contributed by atoms with Crippen molar-refractivity contribution in [3.05, 3.63) is 75.8 Å². The molecule has 6 rings (SSSR count). The van der Waals surface area contributed by atoms with Gasteiger partial charge in [-0.25, -0.2) is 4.79 Å². The molecule has 0 aliphatic carbocycles. The van der Waals surface area contributed by atoms with Gasteiger partial charge in [0.15, 0.2) is 31.3 Å². The summed E-state index contributed by atoms with van der Waals surface area (Å²) in [5.74, 6) is 0.860. The number of hydrogen-bond donors (Lipinski definition) is 2. The molecule has 3 aromatic carbocycles. The van der Waals surface area contributed by atoms with Gasteiger partial charge in [-0.3, -0.25) is 9.69 Å². The van der Waals surface area contributed by atoms with E-state index in [0.29, 0.717) is 39.7 Å². The van der Waals surface area contributed by atoms with E-state index < -0.39 is 61.5 Å². The number of carbonyl (C=O) groups excluding carboxylic acids is 2. The molecule has 3 aliphatic heterocycles. The van der Waals surface area contributed by atoms with Gasteiger partial charge in [0, 0.05) is 23.1 Å². The Labute approximate surface area is 343 Å². The van der Waals surface area contributed by atoms with Crippen LogP contribution >= 0.6 is 34.8 Å². The van der Waals surface area contributed by atoms with E-state index in [9.17, 15) is 15.0 Å². The van der Waals surface area contributed by atoms with E-state index in [1.165, 1.54) is 11.0 Å². The Bertz CT molecular complexity index is 1970. The van der Waals surface area contributed by atoms with E-state index in [2.05, 4.69) is 33.9 Å². The summed E-state index contributed by atoms with van der Waals surface area (Å²) in [6, 6.07) is 8.87. The Morgan fingerprint density at radius 1 is 1.05 bits per heavy atom. The van der Waals surface area contributed by atoms with Gasteiger partial charge in [0.05, 0.1) is 38.4 Å². The first-order chi connectivity index (χ1) is 26.3. The predicted octanol–water partition coefficient (Wildman–Crippen LogP) is 8.07. The number of aromatic hydroxyl groups is 1. The molecule has 1 saturated heterocycles. The van der Waals surface area contributed by atoms with E-state index >= 15 is 4.79 Å².